The van der Waals surface area contributed by atoms with E-state index in [2.05, 4.69) is 30.4 Å². The van der Waals surface area contributed by atoms with Crippen LogP contribution in [0.3, 0.4) is 0 Å². The highest BCUT2D eigenvalue weighted by atomic mass is 14.6. The standard InChI is InChI=1S/C16H19N/c17-15-4-2-1-3-13(15)14-8-7-12-10-5-6-11(9-10)16(12)14/h1-6,10-12,14,16H,7-9,17H2/t10?,11?,12?,14-,16?/m1/s1. The molecule has 0 aromatic heterocycles. The van der Waals surface area contributed by atoms with E-state index in [-0.39, 0.29) is 0 Å². The number of para-hydroxylation sites is 1. The summed E-state index contributed by atoms with van der Waals surface area (Å²) in [6, 6.07) is 8.50. The van der Waals surface area contributed by atoms with Gasteiger partial charge in [-0.05, 0) is 60.5 Å². The highest BCUT2D eigenvalue weighted by Crippen LogP contribution is 2.60. The summed E-state index contributed by atoms with van der Waals surface area (Å²) in [6.45, 7) is 0. The third-order valence-corrected chi connectivity index (χ3v) is 5.36. The van der Waals surface area contributed by atoms with Crippen LogP contribution in [0.1, 0.15) is 30.7 Å². The number of rotatable bonds is 1. The molecule has 1 aromatic carbocycles. The van der Waals surface area contributed by atoms with E-state index in [9.17, 15) is 0 Å². The van der Waals surface area contributed by atoms with Crippen molar-refractivity contribution in [1.29, 1.82) is 0 Å². The van der Waals surface area contributed by atoms with Crippen LogP contribution in [-0.2, 0) is 0 Å². The molecule has 4 unspecified atom stereocenters. The van der Waals surface area contributed by atoms with Crippen molar-refractivity contribution in [3.63, 3.8) is 0 Å². The van der Waals surface area contributed by atoms with E-state index in [1.54, 1.807) is 0 Å². The van der Waals surface area contributed by atoms with Crippen LogP contribution in [0, 0.1) is 23.7 Å². The Bertz CT molecular complexity index is 476. The average molecular weight is 225 g/mol. The number of allylic oxidation sites excluding steroid dienone is 2. The van der Waals surface area contributed by atoms with Gasteiger partial charge in [-0.1, -0.05) is 30.4 Å². The number of hydrogen-bond acceptors (Lipinski definition) is 1. The molecule has 0 amide bonds. The Balaban J connectivity index is 1.73. The fourth-order valence-electron chi connectivity index (χ4n) is 4.74. The lowest BCUT2D eigenvalue weighted by molar-refractivity contribution is 0.339. The summed E-state index contributed by atoms with van der Waals surface area (Å²) in [5.41, 5.74) is 8.59. The molecule has 2 fully saturated rings. The van der Waals surface area contributed by atoms with Crippen LogP contribution in [0.25, 0.3) is 0 Å². The van der Waals surface area contributed by atoms with Crippen molar-refractivity contribution in [3.05, 3.63) is 42.0 Å². The number of anilines is 1. The Morgan fingerprint density at radius 3 is 2.71 bits per heavy atom. The van der Waals surface area contributed by atoms with Gasteiger partial charge in [-0.3, -0.25) is 0 Å². The van der Waals surface area contributed by atoms with Gasteiger partial charge in [-0.25, -0.2) is 0 Å². The van der Waals surface area contributed by atoms with Gasteiger partial charge in [0.1, 0.15) is 0 Å². The molecule has 5 atom stereocenters. The quantitative estimate of drug-likeness (QED) is 0.573. The van der Waals surface area contributed by atoms with E-state index >= 15 is 0 Å². The number of fused-ring (bicyclic) bond motifs is 5. The predicted octanol–water partition coefficient (Wildman–Crippen LogP) is 3.58. The second-order valence-corrected chi connectivity index (χ2v) is 6.00. The van der Waals surface area contributed by atoms with Crippen molar-refractivity contribution in [1.82, 2.24) is 0 Å². The Morgan fingerprint density at radius 2 is 1.82 bits per heavy atom. The van der Waals surface area contributed by atoms with Crippen LogP contribution >= 0.6 is 0 Å². The Labute approximate surface area is 103 Å². The lowest BCUT2D eigenvalue weighted by atomic mass is 9.78. The molecule has 3 aliphatic rings. The van der Waals surface area contributed by atoms with Crippen molar-refractivity contribution in [2.75, 3.05) is 5.73 Å². The minimum Gasteiger partial charge on any atom is -0.398 e. The van der Waals surface area contributed by atoms with Gasteiger partial charge < -0.3 is 5.73 Å². The van der Waals surface area contributed by atoms with Gasteiger partial charge >= 0.3 is 0 Å². The normalized spacial score (nSPS) is 42.0. The molecule has 1 aromatic rings. The largest absolute Gasteiger partial charge is 0.398 e. The van der Waals surface area contributed by atoms with E-state index in [4.69, 9.17) is 5.73 Å². The molecule has 1 heteroatoms. The SMILES string of the molecule is Nc1ccccc1[C@H]1CCC2C3C=CC(C3)C21. The minimum absolute atomic E-state index is 0.723. The van der Waals surface area contributed by atoms with Crippen LogP contribution in [0.5, 0.6) is 0 Å². The van der Waals surface area contributed by atoms with Crippen LogP contribution in [0.15, 0.2) is 36.4 Å². The molecule has 4 rings (SSSR count). The lowest BCUT2D eigenvalue weighted by Crippen LogP contribution is -2.19. The van der Waals surface area contributed by atoms with Gasteiger partial charge in [0, 0.05) is 5.69 Å². The monoisotopic (exact) mass is 225 g/mol. The van der Waals surface area contributed by atoms with E-state index in [1.807, 2.05) is 6.07 Å². The van der Waals surface area contributed by atoms with E-state index < -0.39 is 0 Å². The van der Waals surface area contributed by atoms with Gasteiger partial charge in [0.25, 0.3) is 0 Å². The number of benzene rings is 1. The van der Waals surface area contributed by atoms with Crippen molar-refractivity contribution in [2.45, 2.75) is 25.2 Å². The van der Waals surface area contributed by atoms with Crippen molar-refractivity contribution >= 4 is 5.69 Å². The maximum absolute atomic E-state index is 6.16. The Hall–Kier alpha value is -1.24. The molecule has 2 saturated carbocycles. The van der Waals surface area contributed by atoms with E-state index in [1.165, 1.54) is 24.8 Å². The number of nitrogens with two attached hydrogens (primary N) is 1. The zero-order valence-corrected chi connectivity index (χ0v) is 10.0. The van der Waals surface area contributed by atoms with Crippen LogP contribution in [0.4, 0.5) is 5.69 Å². The molecular formula is C16H19N. The van der Waals surface area contributed by atoms with E-state index in [0.717, 1.165) is 35.3 Å². The number of hydrogen-bond donors (Lipinski definition) is 1. The Morgan fingerprint density at radius 1 is 1.00 bits per heavy atom. The lowest BCUT2D eigenvalue weighted by Gasteiger charge is -2.27. The second kappa shape index (κ2) is 3.38. The topological polar surface area (TPSA) is 26.0 Å². The summed E-state index contributed by atoms with van der Waals surface area (Å²) < 4.78 is 0. The first-order chi connectivity index (χ1) is 8.34. The van der Waals surface area contributed by atoms with Crippen LogP contribution < -0.4 is 5.73 Å². The molecule has 0 spiro atoms. The van der Waals surface area contributed by atoms with Crippen molar-refractivity contribution in [2.24, 2.45) is 23.7 Å². The third kappa shape index (κ3) is 1.25. The summed E-state index contributed by atoms with van der Waals surface area (Å²) in [6.07, 6.45) is 9.12. The van der Waals surface area contributed by atoms with Gasteiger partial charge in [-0.15, -0.1) is 0 Å². The fraction of sp³-hybridized carbons (Fsp3) is 0.500. The first-order valence-electron chi connectivity index (χ1n) is 6.87. The summed E-state index contributed by atoms with van der Waals surface area (Å²) in [5, 5.41) is 0. The van der Waals surface area contributed by atoms with E-state index in [0.29, 0.717) is 0 Å². The molecule has 3 aliphatic carbocycles. The third-order valence-electron chi connectivity index (χ3n) is 5.36. The fourth-order valence-corrected chi connectivity index (χ4v) is 4.74. The minimum atomic E-state index is 0.723. The summed E-state index contributed by atoms with van der Waals surface area (Å²) in [5.74, 6) is 4.29. The molecule has 2 N–H and O–H groups in total. The molecule has 88 valence electrons. The van der Waals surface area contributed by atoms with Gasteiger partial charge in [0.2, 0.25) is 0 Å². The predicted molar refractivity (Wildman–Crippen MR) is 70.5 cm³/mol. The van der Waals surface area contributed by atoms with Crippen molar-refractivity contribution in [3.8, 4) is 0 Å². The first-order valence-corrected chi connectivity index (χ1v) is 6.87. The van der Waals surface area contributed by atoms with Crippen molar-refractivity contribution < 1.29 is 0 Å². The molecule has 0 heterocycles. The highest BCUT2D eigenvalue weighted by Gasteiger charge is 2.51. The molecule has 0 aliphatic heterocycles. The van der Waals surface area contributed by atoms with Gasteiger partial charge in [-0.2, -0.15) is 0 Å². The van der Waals surface area contributed by atoms with Crippen LogP contribution in [-0.4, -0.2) is 0 Å². The molecular weight excluding hydrogens is 206 g/mol. The maximum atomic E-state index is 6.16. The average Bonchev–Trinajstić information content (AvgIpc) is 3.02. The zero-order valence-electron chi connectivity index (χ0n) is 10.0. The molecule has 1 nitrogen and oxygen atoms in total. The summed E-state index contributed by atoms with van der Waals surface area (Å²) in [7, 11) is 0. The first kappa shape index (κ1) is 9.76. The Kier molecular flexibility index (Phi) is 1.94. The molecule has 17 heavy (non-hydrogen) atoms. The van der Waals surface area contributed by atoms with Gasteiger partial charge in [0.15, 0.2) is 0 Å². The number of nitrogen functional groups attached to an aromatic ring is 1. The molecule has 0 saturated heterocycles. The molecule has 0 radical (unpaired) electrons. The van der Waals surface area contributed by atoms with Crippen LogP contribution in [0.2, 0.25) is 0 Å². The zero-order chi connectivity index (χ0) is 11.4. The highest BCUT2D eigenvalue weighted by molar-refractivity contribution is 5.49. The smallest absolute Gasteiger partial charge is 0.0349 e. The second-order valence-electron chi connectivity index (χ2n) is 6.00. The van der Waals surface area contributed by atoms with Gasteiger partial charge in [0.05, 0.1) is 0 Å². The summed E-state index contributed by atoms with van der Waals surface area (Å²) in [4.78, 5) is 0. The summed E-state index contributed by atoms with van der Waals surface area (Å²) >= 11 is 0. The maximum Gasteiger partial charge on any atom is 0.0349 e. The molecule has 2 bridgehead atoms.